The lowest BCUT2D eigenvalue weighted by molar-refractivity contribution is 0.0952. The minimum atomic E-state index is -0.341. The summed E-state index contributed by atoms with van der Waals surface area (Å²) in [6, 6.07) is 1.41. The smallest absolute Gasteiger partial charge is 0.182 e. The summed E-state index contributed by atoms with van der Waals surface area (Å²) >= 11 is 7.22. The van der Waals surface area contributed by atoms with Gasteiger partial charge in [0.2, 0.25) is 0 Å². The zero-order chi connectivity index (χ0) is 9.42. The average Bonchev–Trinajstić information content (AvgIpc) is 2.87. The van der Waals surface area contributed by atoms with Crippen LogP contribution in [0.15, 0.2) is 11.4 Å². The molecule has 70 valence electrons. The number of thiophene rings is 1. The standard InChI is InChI=1S/C9H10ClNOS/c10-9-6(3-4-13-9)8(12)7(11)5-1-2-5/h3-5,7H,1-2,11H2. The van der Waals surface area contributed by atoms with Gasteiger partial charge in [-0.3, -0.25) is 4.79 Å². The molecular weight excluding hydrogens is 206 g/mol. The molecule has 1 aliphatic carbocycles. The van der Waals surface area contributed by atoms with Gasteiger partial charge < -0.3 is 5.73 Å². The fraction of sp³-hybridized carbons (Fsp3) is 0.444. The Morgan fingerprint density at radius 2 is 2.38 bits per heavy atom. The molecule has 1 saturated carbocycles. The van der Waals surface area contributed by atoms with Crippen LogP contribution in [0.5, 0.6) is 0 Å². The van der Waals surface area contributed by atoms with Gasteiger partial charge in [-0.2, -0.15) is 0 Å². The van der Waals surface area contributed by atoms with E-state index in [0.29, 0.717) is 15.8 Å². The maximum absolute atomic E-state index is 11.7. The molecule has 0 radical (unpaired) electrons. The molecule has 0 spiro atoms. The molecule has 13 heavy (non-hydrogen) atoms. The molecule has 0 amide bonds. The SMILES string of the molecule is NC(C(=O)c1ccsc1Cl)C1CC1. The van der Waals surface area contributed by atoms with E-state index in [9.17, 15) is 4.79 Å². The van der Waals surface area contributed by atoms with Gasteiger partial charge >= 0.3 is 0 Å². The van der Waals surface area contributed by atoms with E-state index in [4.69, 9.17) is 17.3 Å². The van der Waals surface area contributed by atoms with Crippen LogP contribution in [-0.2, 0) is 0 Å². The number of carbonyl (C=O) groups is 1. The van der Waals surface area contributed by atoms with Gasteiger partial charge in [-0.25, -0.2) is 0 Å². The Morgan fingerprint density at radius 3 is 2.85 bits per heavy atom. The Balaban J connectivity index is 2.16. The van der Waals surface area contributed by atoms with Crippen molar-refractivity contribution in [3.8, 4) is 0 Å². The van der Waals surface area contributed by atoms with E-state index >= 15 is 0 Å². The Morgan fingerprint density at radius 1 is 1.69 bits per heavy atom. The average molecular weight is 216 g/mol. The van der Waals surface area contributed by atoms with Crippen molar-refractivity contribution in [2.75, 3.05) is 0 Å². The first-order valence-corrected chi connectivity index (χ1v) is 5.48. The normalized spacial score (nSPS) is 18.6. The first-order valence-electron chi connectivity index (χ1n) is 4.23. The zero-order valence-electron chi connectivity index (χ0n) is 7.00. The van der Waals surface area contributed by atoms with Crippen LogP contribution < -0.4 is 5.73 Å². The molecule has 0 bridgehead atoms. The van der Waals surface area contributed by atoms with Crippen LogP contribution in [0.25, 0.3) is 0 Å². The van der Waals surface area contributed by atoms with E-state index < -0.39 is 0 Å². The second-order valence-electron chi connectivity index (χ2n) is 3.34. The van der Waals surface area contributed by atoms with E-state index in [-0.39, 0.29) is 11.8 Å². The van der Waals surface area contributed by atoms with Gasteiger partial charge in [-0.15, -0.1) is 11.3 Å². The highest BCUT2D eigenvalue weighted by Crippen LogP contribution is 2.34. The molecule has 1 fully saturated rings. The highest BCUT2D eigenvalue weighted by Gasteiger charge is 2.34. The number of rotatable bonds is 3. The molecule has 1 aromatic heterocycles. The molecule has 0 saturated heterocycles. The molecular formula is C9H10ClNOS. The number of hydrogen-bond donors (Lipinski definition) is 1. The maximum atomic E-state index is 11.7. The van der Waals surface area contributed by atoms with Crippen LogP contribution in [0, 0.1) is 5.92 Å². The topological polar surface area (TPSA) is 43.1 Å². The van der Waals surface area contributed by atoms with Crippen molar-refractivity contribution in [3.05, 3.63) is 21.3 Å². The van der Waals surface area contributed by atoms with Gasteiger partial charge in [-0.05, 0) is 30.2 Å². The Kier molecular flexibility index (Phi) is 2.41. The molecule has 2 N–H and O–H groups in total. The van der Waals surface area contributed by atoms with Gasteiger partial charge in [0, 0.05) is 5.56 Å². The molecule has 0 aromatic carbocycles. The van der Waals surface area contributed by atoms with Crippen LogP contribution in [0.4, 0.5) is 0 Å². The van der Waals surface area contributed by atoms with E-state index in [0.717, 1.165) is 12.8 Å². The summed E-state index contributed by atoms with van der Waals surface area (Å²) in [5, 5.41) is 1.81. The first-order chi connectivity index (χ1) is 6.20. The number of halogens is 1. The lowest BCUT2D eigenvalue weighted by Crippen LogP contribution is -2.32. The minimum Gasteiger partial charge on any atom is -0.321 e. The molecule has 1 aromatic rings. The van der Waals surface area contributed by atoms with Crippen LogP contribution >= 0.6 is 22.9 Å². The molecule has 2 rings (SSSR count). The summed E-state index contributed by atoms with van der Waals surface area (Å²) in [6.45, 7) is 0. The lowest BCUT2D eigenvalue weighted by atomic mass is 10.0. The molecule has 2 nitrogen and oxygen atoms in total. The summed E-state index contributed by atoms with van der Waals surface area (Å²) in [5.41, 5.74) is 6.37. The Bertz CT molecular complexity index is 332. The highest BCUT2D eigenvalue weighted by atomic mass is 35.5. The predicted octanol–water partition coefficient (Wildman–Crippen LogP) is 2.32. The zero-order valence-corrected chi connectivity index (χ0v) is 8.57. The molecule has 1 unspecified atom stereocenters. The Labute approximate surface area is 85.7 Å². The highest BCUT2D eigenvalue weighted by molar-refractivity contribution is 7.14. The molecule has 0 aliphatic heterocycles. The molecule has 4 heteroatoms. The van der Waals surface area contributed by atoms with Crippen molar-refractivity contribution in [1.29, 1.82) is 0 Å². The summed E-state index contributed by atoms with van der Waals surface area (Å²) in [7, 11) is 0. The third-order valence-electron chi connectivity index (χ3n) is 2.32. The van der Waals surface area contributed by atoms with Crippen molar-refractivity contribution in [2.24, 2.45) is 11.7 Å². The molecule has 1 heterocycles. The lowest BCUT2D eigenvalue weighted by Gasteiger charge is -2.07. The van der Waals surface area contributed by atoms with E-state index in [1.165, 1.54) is 11.3 Å². The van der Waals surface area contributed by atoms with E-state index in [1.807, 2.05) is 5.38 Å². The number of ketones is 1. The number of carbonyl (C=O) groups excluding carboxylic acids is 1. The van der Waals surface area contributed by atoms with Crippen molar-refractivity contribution in [2.45, 2.75) is 18.9 Å². The largest absolute Gasteiger partial charge is 0.321 e. The van der Waals surface area contributed by atoms with Crippen molar-refractivity contribution < 1.29 is 4.79 Å². The third kappa shape index (κ3) is 1.77. The van der Waals surface area contributed by atoms with Gasteiger partial charge in [0.1, 0.15) is 4.34 Å². The fourth-order valence-electron chi connectivity index (χ4n) is 1.32. The van der Waals surface area contributed by atoms with Crippen LogP contribution in [0.3, 0.4) is 0 Å². The second-order valence-corrected chi connectivity index (χ2v) is 4.85. The Hall–Kier alpha value is -0.380. The van der Waals surface area contributed by atoms with E-state index in [2.05, 4.69) is 0 Å². The van der Waals surface area contributed by atoms with Crippen LogP contribution in [-0.4, -0.2) is 11.8 Å². The minimum absolute atomic E-state index is 0.00579. The van der Waals surface area contributed by atoms with Crippen LogP contribution in [0.2, 0.25) is 4.34 Å². The van der Waals surface area contributed by atoms with Gasteiger partial charge in [0.05, 0.1) is 6.04 Å². The van der Waals surface area contributed by atoms with Crippen LogP contribution in [0.1, 0.15) is 23.2 Å². The van der Waals surface area contributed by atoms with Crippen molar-refractivity contribution >= 4 is 28.7 Å². The molecule has 1 aliphatic rings. The summed E-state index contributed by atoms with van der Waals surface area (Å²) < 4.78 is 0.557. The summed E-state index contributed by atoms with van der Waals surface area (Å²) in [4.78, 5) is 11.7. The van der Waals surface area contributed by atoms with E-state index in [1.54, 1.807) is 6.07 Å². The molecule has 1 atom stereocenters. The van der Waals surface area contributed by atoms with Gasteiger partial charge in [0.25, 0.3) is 0 Å². The second kappa shape index (κ2) is 3.40. The monoisotopic (exact) mass is 215 g/mol. The number of Topliss-reactive ketones (excluding diaryl/α,β-unsaturated/α-hetero) is 1. The van der Waals surface area contributed by atoms with Crippen molar-refractivity contribution in [1.82, 2.24) is 0 Å². The van der Waals surface area contributed by atoms with Gasteiger partial charge in [-0.1, -0.05) is 11.6 Å². The number of hydrogen-bond acceptors (Lipinski definition) is 3. The fourth-order valence-corrected chi connectivity index (χ4v) is 2.25. The summed E-state index contributed by atoms with van der Waals surface area (Å²) in [5.74, 6) is 0.386. The van der Waals surface area contributed by atoms with Crippen molar-refractivity contribution in [3.63, 3.8) is 0 Å². The quantitative estimate of drug-likeness (QED) is 0.787. The summed E-state index contributed by atoms with van der Waals surface area (Å²) in [6.07, 6.45) is 2.16. The predicted molar refractivity (Wildman–Crippen MR) is 54.4 cm³/mol. The number of nitrogens with two attached hydrogens (primary N) is 1. The maximum Gasteiger partial charge on any atom is 0.182 e. The van der Waals surface area contributed by atoms with Gasteiger partial charge in [0.15, 0.2) is 5.78 Å². The third-order valence-corrected chi connectivity index (χ3v) is 3.49. The first kappa shape index (κ1) is 9.19.